The highest BCUT2D eigenvalue weighted by Crippen LogP contribution is 2.54. The van der Waals surface area contributed by atoms with Gasteiger partial charge in [-0.15, -0.1) is 0 Å². The molecule has 4 aliphatic rings. The maximum Gasteiger partial charge on any atom is 0.312 e. The number of rotatable bonds is 4. The highest BCUT2D eigenvalue weighted by atomic mass is 16.6. The Bertz CT molecular complexity index is 1380. The molecule has 40 heavy (non-hydrogen) atoms. The Morgan fingerprint density at radius 2 is 1.82 bits per heavy atom. The summed E-state index contributed by atoms with van der Waals surface area (Å²) in [5.74, 6) is -3.09. The first-order valence-corrected chi connectivity index (χ1v) is 14.3. The molecule has 4 aliphatic heterocycles. The monoisotopic (exact) mass is 544 g/mol. The molecule has 2 amide bonds. The van der Waals surface area contributed by atoms with E-state index in [-0.39, 0.29) is 37.5 Å². The van der Waals surface area contributed by atoms with Gasteiger partial charge in [0.25, 0.3) is 5.91 Å². The number of esters is 1. The molecule has 0 aliphatic carbocycles. The van der Waals surface area contributed by atoms with E-state index in [0.717, 1.165) is 30.0 Å². The molecule has 8 nitrogen and oxygen atoms in total. The minimum absolute atomic E-state index is 0.134. The zero-order chi connectivity index (χ0) is 28.0. The summed E-state index contributed by atoms with van der Waals surface area (Å²) in [4.78, 5) is 45.6. The maximum absolute atomic E-state index is 14.6. The van der Waals surface area contributed by atoms with Gasteiger partial charge in [0.1, 0.15) is 17.6 Å². The van der Waals surface area contributed by atoms with Crippen LogP contribution in [0.3, 0.4) is 0 Å². The van der Waals surface area contributed by atoms with Crippen molar-refractivity contribution in [2.45, 2.75) is 56.9 Å². The van der Waals surface area contributed by atoms with Crippen LogP contribution in [-0.2, 0) is 23.9 Å². The van der Waals surface area contributed by atoms with Crippen LogP contribution in [0.15, 0.2) is 66.8 Å². The minimum Gasteiger partial charge on any atom is -0.465 e. The lowest BCUT2D eigenvalue weighted by atomic mass is 9.78. The average molecular weight is 545 g/mol. The first-order chi connectivity index (χ1) is 19.4. The number of fused-ring (bicyclic) bond motifs is 3. The van der Waals surface area contributed by atoms with Gasteiger partial charge in [-0.2, -0.15) is 0 Å². The lowest BCUT2D eigenvalue weighted by Crippen LogP contribution is -2.59. The number of benzene rings is 2. The predicted molar refractivity (Wildman–Crippen MR) is 150 cm³/mol. The highest BCUT2D eigenvalue weighted by molar-refractivity contribution is 6.06. The van der Waals surface area contributed by atoms with Crippen molar-refractivity contribution in [2.24, 2.45) is 17.8 Å². The quantitative estimate of drug-likeness (QED) is 0.467. The highest BCUT2D eigenvalue weighted by Gasteiger charge is 2.72. The third-order valence-corrected chi connectivity index (χ3v) is 8.90. The minimum atomic E-state index is -1.37. The molecule has 1 spiro atoms. The molecule has 0 bridgehead atoms. The lowest BCUT2D eigenvalue weighted by Gasteiger charge is -2.39. The number of allylic oxidation sites excluding steroid dienone is 1. The Morgan fingerprint density at radius 1 is 1.02 bits per heavy atom. The molecule has 1 N–H and O–H groups in total. The van der Waals surface area contributed by atoms with Crippen LogP contribution >= 0.6 is 0 Å². The van der Waals surface area contributed by atoms with Gasteiger partial charge in [0.05, 0.1) is 31.3 Å². The van der Waals surface area contributed by atoms with E-state index in [1.807, 2.05) is 80.6 Å². The zero-order valence-electron chi connectivity index (χ0n) is 22.9. The number of aliphatic hydroxyl groups is 1. The number of ether oxygens (including phenoxy) is 2. The summed E-state index contributed by atoms with van der Waals surface area (Å²) in [6, 6.07) is 12.1. The smallest absolute Gasteiger partial charge is 0.312 e. The van der Waals surface area contributed by atoms with Crippen molar-refractivity contribution in [3.63, 3.8) is 0 Å². The second kappa shape index (κ2) is 10.5. The van der Waals surface area contributed by atoms with E-state index in [1.54, 1.807) is 4.90 Å². The molecule has 6 rings (SSSR count). The van der Waals surface area contributed by atoms with Gasteiger partial charge in [-0.25, -0.2) is 0 Å². The molecule has 6 atom stereocenters. The molecule has 210 valence electrons. The molecular formula is C32H36N2O6. The molecule has 1 unspecified atom stereocenters. The van der Waals surface area contributed by atoms with Crippen LogP contribution in [0, 0.1) is 17.8 Å². The number of cyclic esters (lactones) is 1. The molecule has 0 saturated carbocycles. The standard InChI is InChI=1S/C32H36N2O6/c1-20(2)24(19-35)34-28-30(37)33(23-14-13-21-10-6-7-11-22(21)18-23)16-9-15-32(28)27(29(34)36)26-25(40-32)12-5-3-4-8-17-39-31(26)38/h5-7,9-15,18,20,24-28,35H,3-4,8,16-17,19H2,1-2H3/b12-5-/t24-,25-,26+,27-,28?,32-/m0/s1. The predicted octanol–water partition coefficient (Wildman–Crippen LogP) is 3.62. The van der Waals surface area contributed by atoms with Crippen LogP contribution in [0.2, 0.25) is 0 Å². The largest absolute Gasteiger partial charge is 0.465 e. The summed E-state index contributed by atoms with van der Waals surface area (Å²) in [6.45, 7) is 4.09. The second-order valence-electron chi connectivity index (χ2n) is 11.6. The van der Waals surface area contributed by atoms with Crippen LogP contribution in [0.4, 0.5) is 5.69 Å². The van der Waals surface area contributed by atoms with E-state index >= 15 is 0 Å². The maximum atomic E-state index is 14.6. The number of hydrogen-bond donors (Lipinski definition) is 1. The molecule has 0 radical (unpaired) electrons. The van der Waals surface area contributed by atoms with Gasteiger partial charge in [-0.05, 0) is 48.1 Å². The van der Waals surface area contributed by atoms with Crippen LogP contribution in [0.1, 0.15) is 33.1 Å². The molecule has 8 heteroatoms. The summed E-state index contributed by atoms with van der Waals surface area (Å²) >= 11 is 0. The fourth-order valence-corrected chi connectivity index (χ4v) is 6.91. The van der Waals surface area contributed by atoms with E-state index in [9.17, 15) is 19.5 Å². The van der Waals surface area contributed by atoms with E-state index in [1.165, 1.54) is 4.90 Å². The first-order valence-electron chi connectivity index (χ1n) is 14.3. The average Bonchev–Trinajstić information content (AvgIpc) is 3.33. The van der Waals surface area contributed by atoms with Gasteiger partial charge in [0, 0.05) is 12.2 Å². The molecular weight excluding hydrogens is 508 g/mol. The van der Waals surface area contributed by atoms with Gasteiger partial charge in [-0.1, -0.05) is 68.5 Å². The van der Waals surface area contributed by atoms with Crippen LogP contribution in [0.25, 0.3) is 10.8 Å². The number of carbonyl (C=O) groups is 3. The second-order valence-corrected chi connectivity index (χ2v) is 11.6. The van der Waals surface area contributed by atoms with Gasteiger partial charge < -0.3 is 24.4 Å². The summed E-state index contributed by atoms with van der Waals surface area (Å²) < 4.78 is 12.3. The number of anilines is 1. The zero-order valence-corrected chi connectivity index (χ0v) is 22.9. The molecule has 4 heterocycles. The van der Waals surface area contributed by atoms with Gasteiger partial charge in [0.15, 0.2) is 0 Å². The summed E-state index contributed by atoms with van der Waals surface area (Å²) in [7, 11) is 0. The Labute approximate surface area is 234 Å². The Hall–Kier alpha value is -3.49. The molecule has 2 fully saturated rings. The number of carbonyl (C=O) groups excluding carboxylic acids is 3. The van der Waals surface area contributed by atoms with Gasteiger partial charge in [0.2, 0.25) is 5.91 Å². The van der Waals surface area contributed by atoms with E-state index in [2.05, 4.69) is 0 Å². The Kier molecular flexibility index (Phi) is 7.00. The topological polar surface area (TPSA) is 96.4 Å². The summed E-state index contributed by atoms with van der Waals surface area (Å²) in [5, 5.41) is 12.5. The SMILES string of the molecule is CC(C)[C@H](CO)N1C(=O)[C@@H]2[C@@H]3C(=O)OCCCC/C=C\[C@@H]3O[C@@]23C=CCN(c2ccc4ccccc4c2)C(=O)C13. The van der Waals surface area contributed by atoms with Crippen LogP contribution in [0.5, 0.6) is 0 Å². The number of amides is 2. The number of likely N-dealkylation sites (tertiary alicyclic amines) is 1. The van der Waals surface area contributed by atoms with Gasteiger partial charge >= 0.3 is 5.97 Å². The van der Waals surface area contributed by atoms with Crippen molar-refractivity contribution in [2.75, 3.05) is 24.7 Å². The van der Waals surface area contributed by atoms with Crippen molar-refractivity contribution in [1.82, 2.24) is 4.90 Å². The van der Waals surface area contributed by atoms with E-state index in [0.29, 0.717) is 5.69 Å². The van der Waals surface area contributed by atoms with Crippen molar-refractivity contribution in [3.05, 3.63) is 66.8 Å². The van der Waals surface area contributed by atoms with Crippen molar-refractivity contribution < 1.29 is 29.0 Å². The molecule has 0 aromatic heterocycles. The third-order valence-electron chi connectivity index (χ3n) is 8.90. The summed E-state index contributed by atoms with van der Waals surface area (Å²) in [6.07, 6.45) is 9.29. The fraction of sp³-hybridized carbons (Fsp3) is 0.469. The number of nitrogens with zero attached hydrogens (tertiary/aromatic N) is 2. The molecule has 2 aromatic carbocycles. The van der Waals surface area contributed by atoms with E-state index in [4.69, 9.17) is 9.47 Å². The third kappa shape index (κ3) is 4.16. The number of aliphatic hydroxyl groups excluding tert-OH is 1. The lowest BCUT2D eigenvalue weighted by molar-refractivity contribution is -0.155. The van der Waals surface area contributed by atoms with Crippen LogP contribution in [-0.4, -0.2) is 71.3 Å². The van der Waals surface area contributed by atoms with E-state index < -0.39 is 41.6 Å². The summed E-state index contributed by atoms with van der Waals surface area (Å²) in [5.41, 5.74) is -0.655. The fourth-order valence-electron chi connectivity index (χ4n) is 6.91. The Morgan fingerprint density at radius 3 is 2.60 bits per heavy atom. The molecule has 2 saturated heterocycles. The number of hydrogen-bond acceptors (Lipinski definition) is 6. The molecule has 2 aromatic rings. The van der Waals surface area contributed by atoms with Crippen molar-refractivity contribution >= 4 is 34.2 Å². The normalized spacial score (nSPS) is 31.9. The van der Waals surface area contributed by atoms with Crippen molar-refractivity contribution in [3.8, 4) is 0 Å². The van der Waals surface area contributed by atoms with Gasteiger partial charge in [-0.3, -0.25) is 14.4 Å². The van der Waals surface area contributed by atoms with Crippen molar-refractivity contribution in [1.29, 1.82) is 0 Å². The Balaban J connectivity index is 1.48. The first kappa shape index (κ1) is 26.7. The van der Waals surface area contributed by atoms with Crippen LogP contribution < -0.4 is 4.90 Å².